The highest BCUT2D eigenvalue weighted by Crippen LogP contribution is 2.21. The van der Waals surface area contributed by atoms with Crippen molar-refractivity contribution in [2.75, 3.05) is 11.9 Å². The first-order valence-electron chi connectivity index (χ1n) is 5.98. The van der Waals surface area contributed by atoms with Crippen molar-refractivity contribution < 1.29 is 0 Å². The molecule has 16 heavy (non-hydrogen) atoms. The summed E-state index contributed by atoms with van der Waals surface area (Å²) >= 11 is 0. The molecule has 84 valence electrons. The van der Waals surface area contributed by atoms with Crippen LogP contribution >= 0.6 is 0 Å². The number of anilines is 1. The minimum absolute atomic E-state index is 1.04. The van der Waals surface area contributed by atoms with E-state index in [1.54, 1.807) is 0 Å². The molecule has 0 unspecified atom stereocenters. The topological polar surface area (TPSA) is 24.9 Å². The van der Waals surface area contributed by atoms with Gasteiger partial charge in [0.05, 0.1) is 0 Å². The first kappa shape index (κ1) is 10.9. The van der Waals surface area contributed by atoms with Gasteiger partial charge in [0, 0.05) is 30.0 Å². The fourth-order valence-electron chi connectivity index (χ4n) is 1.87. The van der Waals surface area contributed by atoms with Gasteiger partial charge < -0.3 is 5.32 Å². The molecule has 2 heteroatoms. The van der Waals surface area contributed by atoms with Crippen LogP contribution in [-0.4, -0.2) is 11.5 Å². The van der Waals surface area contributed by atoms with Crippen LogP contribution in [0.4, 0.5) is 5.69 Å². The Morgan fingerprint density at radius 2 is 2.12 bits per heavy atom. The second-order valence-electron chi connectivity index (χ2n) is 4.04. The number of unbranched alkanes of at least 4 members (excludes halogenated alkanes) is 2. The summed E-state index contributed by atoms with van der Waals surface area (Å²) in [5.74, 6) is 0. The van der Waals surface area contributed by atoms with E-state index in [0.717, 1.165) is 6.54 Å². The van der Waals surface area contributed by atoms with Crippen LogP contribution in [0.15, 0.2) is 36.7 Å². The van der Waals surface area contributed by atoms with Crippen molar-refractivity contribution in [3.8, 4) is 0 Å². The smallest absolute Gasteiger partial charge is 0.0435 e. The zero-order valence-electron chi connectivity index (χ0n) is 9.74. The molecule has 0 aliphatic heterocycles. The lowest BCUT2D eigenvalue weighted by atomic mass is 10.1. The number of rotatable bonds is 5. The van der Waals surface area contributed by atoms with Crippen LogP contribution in [-0.2, 0) is 0 Å². The molecule has 0 bridgehead atoms. The Bertz CT molecular complexity index is 446. The Morgan fingerprint density at radius 1 is 1.19 bits per heavy atom. The van der Waals surface area contributed by atoms with E-state index >= 15 is 0 Å². The standard InChI is InChI=1S/C14H18N2/c1-2-3-4-9-16-14-7-5-6-12-8-10-15-11-13(12)14/h5-8,10-11,16H,2-4,9H2,1H3. The van der Waals surface area contributed by atoms with E-state index in [1.165, 1.54) is 35.7 Å². The van der Waals surface area contributed by atoms with Gasteiger partial charge in [-0.05, 0) is 23.9 Å². The number of aromatic nitrogens is 1. The van der Waals surface area contributed by atoms with Gasteiger partial charge in [-0.25, -0.2) is 0 Å². The molecular weight excluding hydrogens is 196 g/mol. The van der Waals surface area contributed by atoms with E-state index in [4.69, 9.17) is 0 Å². The molecule has 2 aromatic rings. The maximum Gasteiger partial charge on any atom is 0.0435 e. The Kier molecular flexibility index (Phi) is 3.76. The second-order valence-corrected chi connectivity index (χ2v) is 4.04. The van der Waals surface area contributed by atoms with Crippen LogP contribution in [0.1, 0.15) is 26.2 Å². The number of benzene rings is 1. The van der Waals surface area contributed by atoms with E-state index in [-0.39, 0.29) is 0 Å². The molecule has 1 N–H and O–H groups in total. The highest BCUT2D eigenvalue weighted by atomic mass is 14.9. The first-order chi connectivity index (χ1) is 7.92. The molecule has 2 rings (SSSR count). The van der Waals surface area contributed by atoms with Crippen LogP contribution in [0.3, 0.4) is 0 Å². The summed E-state index contributed by atoms with van der Waals surface area (Å²) in [4.78, 5) is 4.18. The number of pyridine rings is 1. The van der Waals surface area contributed by atoms with Gasteiger partial charge in [-0.2, -0.15) is 0 Å². The molecular formula is C14H18N2. The zero-order valence-corrected chi connectivity index (χ0v) is 9.74. The van der Waals surface area contributed by atoms with Crippen molar-refractivity contribution in [2.45, 2.75) is 26.2 Å². The summed E-state index contributed by atoms with van der Waals surface area (Å²) in [5.41, 5.74) is 1.20. The summed E-state index contributed by atoms with van der Waals surface area (Å²) in [6, 6.07) is 8.38. The van der Waals surface area contributed by atoms with E-state index in [1.807, 2.05) is 18.5 Å². The Morgan fingerprint density at radius 3 is 3.00 bits per heavy atom. The molecule has 1 heterocycles. The summed E-state index contributed by atoms with van der Waals surface area (Å²) in [5, 5.41) is 5.94. The van der Waals surface area contributed by atoms with Crippen LogP contribution in [0.25, 0.3) is 10.8 Å². The maximum absolute atomic E-state index is 4.18. The molecule has 2 nitrogen and oxygen atoms in total. The van der Waals surface area contributed by atoms with E-state index < -0.39 is 0 Å². The third kappa shape index (κ3) is 2.51. The largest absolute Gasteiger partial charge is 0.384 e. The molecule has 0 amide bonds. The molecule has 0 spiro atoms. The predicted molar refractivity (Wildman–Crippen MR) is 69.8 cm³/mol. The van der Waals surface area contributed by atoms with Crippen LogP contribution in [0, 0.1) is 0 Å². The van der Waals surface area contributed by atoms with Crippen molar-refractivity contribution in [2.24, 2.45) is 0 Å². The molecule has 0 aliphatic rings. The number of nitrogens with one attached hydrogen (secondary N) is 1. The molecule has 0 aliphatic carbocycles. The van der Waals surface area contributed by atoms with E-state index in [0.29, 0.717) is 0 Å². The summed E-state index contributed by atoms with van der Waals surface area (Å²) < 4.78 is 0. The normalized spacial score (nSPS) is 10.6. The van der Waals surface area contributed by atoms with E-state index in [9.17, 15) is 0 Å². The molecule has 0 fully saturated rings. The first-order valence-corrected chi connectivity index (χ1v) is 5.98. The Balaban J connectivity index is 2.11. The molecule has 1 aromatic carbocycles. The third-order valence-electron chi connectivity index (χ3n) is 2.78. The lowest BCUT2D eigenvalue weighted by Gasteiger charge is -2.08. The van der Waals surface area contributed by atoms with Gasteiger partial charge in [0.1, 0.15) is 0 Å². The van der Waals surface area contributed by atoms with Gasteiger partial charge in [0.2, 0.25) is 0 Å². The summed E-state index contributed by atoms with van der Waals surface area (Å²) in [6.45, 7) is 3.27. The highest BCUT2D eigenvalue weighted by molar-refractivity contribution is 5.92. The quantitative estimate of drug-likeness (QED) is 0.765. The maximum atomic E-state index is 4.18. The molecule has 0 saturated carbocycles. The van der Waals surface area contributed by atoms with Gasteiger partial charge in [-0.3, -0.25) is 4.98 Å². The molecule has 1 aromatic heterocycles. The summed E-state index contributed by atoms with van der Waals surface area (Å²) in [6.07, 6.45) is 7.54. The third-order valence-corrected chi connectivity index (χ3v) is 2.78. The number of hydrogen-bond donors (Lipinski definition) is 1. The number of hydrogen-bond acceptors (Lipinski definition) is 2. The minimum atomic E-state index is 1.04. The predicted octanol–water partition coefficient (Wildman–Crippen LogP) is 3.84. The monoisotopic (exact) mass is 214 g/mol. The summed E-state index contributed by atoms with van der Waals surface area (Å²) in [7, 11) is 0. The Labute approximate surface area is 96.7 Å². The lowest BCUT2D eigenvalue weighted by Crippen LogP contribution is -2.01. The van der Waals surface area contributed by atoms with Gasteiger partial charge in [-0.15, -0.1) is 0 Å². The van der Waals surface area contributed by atoms with Gasteiger partial charge in [0.25, 0.3) is 0 Å². The van der Waals surface area contributed by atoms with Crippen LogP contribution < -0.4 is 5.32 Å². The van der Waals surface area contributed by atoms with Gasteiger partial charge in [0.15, 0.2) is 0 Å². The van der Waals surface area contributed by atoms with Crippen LogP contribution in [0.5, 0.6) is 0 Å². The van der Waals surface area contributed by atoms with Crippen molar-refractivity contribution in [3.05, 3.63) is 36.7 Å². The lowest BCUT2D eigenvalue weighted by molar-refractivity contribution is 0.744. The van der Waals surface area contributed by atoms with E-state index in [2.05, 4.69) is 35.4 Å². The zero-order chi connectivity index (χ0) is 11.2. The molecule has 0 radical (unpaired) electrons. The average molecular weight is 214 g/mol. The van der Waals surface area contributed by atoms with Gasteiger partial charge >= 0.3 is 0 Å². The SMILES string of the molecule is CCCCCNc1cccc2ccncc12. The van der Waals surface area contributed by atoms with Crippen molar-refractivity contribution in [1.29, 1.82) is 0 Å². The molecule has 0 atom stereocenters. The van der Waals surface area contributed by atoms with Gasteiger partial charge in [-0.1, -0.05) is 31.9 Å². The number of nitrogens with zero attached hydrogens (tertiary/aromatic N) is 1. The van der Waals surface area contributed by atoms with Crippen LogP contribution in [0.2, 0.25) is 0 Å². The highest BCUT2D eigenvalue weighted by Gasteiger charge is 1.98. The fourth-order valence-corrected chi connectivity index (χ4v) is 1.87. The number of fused-ring (bicyclic) bond motifs is 1. The molecule has 0 saturated heterocycles. The fraction of sp³-hybridized carbons (Fsp3) is 0.357. The minimum Gasteiger partial charge on any atom is -0.384 e. The second kappa shape index (κ2) is 5.50. The average Bonchev–Trinajstić information content (AvgIpc) is 2.35. The van der Waals surface area contributed by atoms with Crippen molar-refractivity contribution in [3.63, 3.8) is 0 Å². The van der Waals surface area contributed by atoms with Crippen molar-refractivity contribution >= 4 is 16.5 Å². The Hall–Kier alpha value is -1.57. The van der Waals surface area contributed by atoms with Crippen molar-refractivity contribution in [1.82, 2.24) is 4.98 Å².